The second kappa shape index (κ2) is 7.57. The summed E-state index contributed by atoms with van der Waals surface area (Å²) in [6.07, 6.45) is 0.815. The lowest BCUT2D eigenvalue weighted by Gasteiger charge is -2.29. The van der Waals surface area contributed by atoms with E-state index in [0.29, 0.717) is 19.6 Å². The number of hydrogen-bond donors (Lipinski definition) is 2. The molecule has 2 aliphatic rings. The van der Waals surface area contributed by atoms with Gasteiger partial charge in [0, 0.05) is 52.4 Å². The fraction of sp³-hybridized carbons (Fsp3) is 0.529. The number of rotatable bonds is 3. The molecule has 124 valence electrons. The number of carbonyl (C=O) groups excluding carboxylic acids is 2. The summed E-state index contributed by atoms with van der Waals surface area (Å²) in [6, 6.07) is 8.10. The lowest BCUT2D eigenvalue weighted by atomic mass is 10.00. The fourth-order valence-electron chi connectivity index (χ4n) is 3.15. The molecule has 6 heteroatoms. The van der Waals surface area contributed by atoms with Gasteiger partial charge in [-0.05, 0) is 17.5 Å². The maximum atomic E-state index is 12.3. The molecule has 0 spiro atoms. The minimum absolute atomic E-state index is 0.417. The Labute approximate surface area is 136 Å². The predicted molar refractivity (Wildman–Crippen MR) is 87.9 cm³/mol. The zero-order valence-electron chi connectivity index (χ0n) is 13.4. The lowest BCUT2D eigenvalue weighted by molar-refractivity contribution is -0.146. The van der Waals surface area contributed by atoms with Crippen LogP contribution in [0.1, 0.15) is 11.1 Å². The molecule has 3 rings (SSSR count). The van der Waals surface area contributed by atoms with E-state index in [0.717, 1.165) is 44.7 Å². The molecule has 6 nitrogen and oxygen atoms in total. The molecule has 1 aromatic carbocycles. The molecule has 1 saturated heterocycles. The van der Waals surface area contributed by atoms with Gasteiger partial charge in [0.15, 0.2) is 0 Å². The largest absolute Gasteiger partial charge is 0.347 e. The third-order valence-electron chi connectivity index (χ3n) is 4.54. The normalized spacial score (nSPS) is 18.3. The maximum absolute atomic E-state index is 12.3. The molecule has 0 bridgehead atoms. The van der Waals surface area contributed by atoms with Crippen molar-refractivity contribution in [3.63, 3.8) is 0 Å². The van der Waals surface area contributed by atoms with Crippen LogP contribution < -0.4 is 10.6 Å². The van der Waals surface area contributed by atoms with Crippen molar-refractivity contribution < 1.29 is 9.59 Å². The van der Waals surface area contributed by atoms with E-state index in [-0.39, 0.29) is 0 Å². The summed E-state index contributed by atoms with van der Waals surface area (Å²) in [5.74, 6) is -0.903. The molecule has 1 fully saturated rings. The zero-order valence-corrected chi connectivity index (χ0v) is 13.4. The number of nitrogens with one attached hydrogen (secondary N) is 2. The van der Waals surface area contributed by atoms with Crippen molar-refractivity contribution in [2.75, 3.05) is 45.8 Å². The van der Waals surface area contributed by atoms with Crippen LogP contribution in [0.3, 0.4) is 0 Å². The van der Waals surface area contributed by atoms with Gasteiger partial charge in [-0.3, -0.25) is 14.5 Å². The number of carbonyl (C=O) groups is 2. The van der Waals surface area contributed by atoms with Gasteiger partial charge in [-0.25, -0.2) is 0 Å². The van der Waals surface area contributed by atoms with Crippen molar-refractivity contribution in [3.8, 4) is 0 Å². The van der Waals surface area contributed by atoms with Gasteiger partial charge >= 0.3 is 11.8 Å². The molecule has 1 aromatic rings. The Kier molecular flexibility index (Phi) is 5.25. The van der Waals surface area contributed by atoms with Crippen LogP contribution in [-0.4, -0.2) is 67.4 Å². The van der Waals surface area contributed by atoms with Crippen molar-refractivity contribution in [1.29, 1.82) is 0 Å². The van der Waals surface area contributed by atoms with Crippen LogP contribution in [0.25, 0.3) is 0 Å². The molecule has 0 aromatic heterocycles. The molecule has 2 N–H and O–H groups in total. The second-order valence-corrected chi connectivity index (χ2v) is 6.09. The number of piperazine rings is 1. The number of benzene rings is 1. The molecule has 2 amide bonds. The van der Waals surface area contributed by atoms with Crippen molar-refractivity contribution in [3.05, 3.63) is 35.4 Å². The predicted octanol–water partition coefficient (Wildman–Crippen LogP) is -0.407. The van der Waals surface area contributed by atoms with E-state index in [4.69, 9.17) is 0 Å². The number of fused-ring (bicyclic) bond motifs is 1. The first kappa shape index (κ1) is 16.0. The van der Waals surface area contributed by atoms with Gasteiger partial charge < -0.3 is 15.5 Å². The van der Waals surface area contributed by atoms with Crippen molar-refractivity contribution in [2.24, 2.45) is 0 Å². The molecule has 0 radical (unpaired) electrons. The molecule has 0 saturated carbocycles. The van der Waals surface area contributed by atoms with E-state index in [2.05, 4.69) is 21.6 Å². The van der Waals surface area contributed by atoms with E-state index < -0.39 is 11.8 Å². The highest BCUT2D eigenvalue weighted by atomic mass is 16.2. The average Bonchev–Trinajstić information content (AvgIpc) is 2.61. The first-order valence-corrected chi connectivity index (χ1v) is 8.31. The van der Waals surface area contributed by atoms with Crippen LogP contribution in [0, 0.1) is 0 Å². The quantitative estimate of drug-likeness (QED) is 0.745. The number of hydrogen-bond acceptors (Lipinski definition) is 4. The summed E-state index contributed by atoms with van der Waals surface area (Å²) in [5, 5.41) is 6.05. The van der Waals surface area contributed by atoms with Gasteiger partial charge in [-0.2, -0.15) is 0 Å². The Hall–Kier alpha value is -1.92. The monoisotopic (exact) mass is 316 g/mol. The van der Waals surface area contributed by atoms with Crippen LogP contribution >= 0.6 is 0 Å². The fourth-order valence-corrected chi connectivity index (χ4v) is 3.15. The van der Waals surface area contributed by atoms with Gasteiger partial charge in [-0.15, -0.1) is 0 Å². The molecular weight excluding hydrogens is 292 g/mol. The molecule has 2 aliphatic heterocycles. The lowest BCUT2D eigenvalue weighted by Crippen LogP contribution is -2.49. The van der Waals surface area contributed by atoms with E-state index in [1.54, 1.807) is 4.90 Å². The number of nitrogens with zero attached hydrogens (tertiary/aromatic N) is 2. The summed E-state index contributed by atoms with van der Waals surface area (Å²) in [7, 11) is 0. The highest BCUT2D eigenvalue weighted by molar-refractivity contribution is 6.35. The van der Waals surface area contributed by atoms with E-state index in [1.165, 1.54) is 5.56 Å². The third kappa shape index (κ3) is 4.09. The van der Waals surface area contributed by atoms with Gasteiger partial charge in [0.1, 0.15) is 0 Å². The van der Waals surface area contributed by atoms with Crippen molar-refractivity contribution in [2.45, 2.75) is 13.0 Å². The summed E-state index contributed by atoms with van der Waals surface area (Å²) < 4.78 is 0. The molecule has 0 aliphatic carbocycles. The molecule has 0 unspecified atom stereocenters. The molecule has 23 heavy (non-hydrogen) atoms. The van der Waals surface area contributed by atoms with Gasteiger partial charge in [-0.1, -0.05) is 24.3 Å². The Morgan fingerprint density at radius 3 is 2.61 bits per heavy atom. The molecule has 2 heterocycles. The van der Waals surface area contributed by atoms with E-state index in [1.807, 2.05) is 18.2 Å². The minimum atomic E-state index is -0.487. The van der Waals surface area contributed by atoms with E-state index >= 15 is 0 Å². The Bertz CT molecular complexity index is 569. The highest BCUT2D eigenvalue weighted by Gasteiger charge is 2.25. The van der Waals surface area contributed by atoms with Crippen LogP contribution in [0.15, 0.2) is 24.3 Å². The first-order chi connectivity index (χ1) is 11.2. The summed E-state index contributed by atoms with van der Waals surface area (Å²) in [4.78, 5) is 28.3. The minimum Gasteiger partial charge on any atom is -0.347 e. The van der Waals surface area contributed by atoms with Crippen molar-refractivity contribution in [1.82, 2.24) is 20.4 Å². The topological polar surface area (TPSA) is 64.7 Å². The zero-order chi connectivity index (χ0) is 16.1. The van der Waals surface area contributed by atoms with Crippen LogP contribution in [-0.2, 0) is 22.6 Å². The summed E-state index contributed by atoms with van der Waals surface area (Å²) in [5.41, 5.74) is 2.41. The third-order valence-corrected chi connectivity index (χ3v) is 4.54. The van der Waals surface area contributed by atoms with Crippen LogP contribution in [0.2, 0.25) is 0 Å². The Morgan fingerprint density at radius 1 is 1.09 bits per heavy atom. The maximum Gasteiger partial charge on any atom is 0.312 e. The van der Waals surface area contributed by atoms with E-state index in [9.17, 15) is 9.59 Å². The SMILES string of the molecule is O=C(NCCN1CCNCC1)C(=O)N1CCc2ccccc2C1. The molecular formula is C17H24N4O2. The first-order valence-electron chi connectivity index (χ1n) is 8.31. The second-order valence-electron chi connectivity index (χ2n) is 6.09. The molecule has 0 atom stereocenters. The van der Waals surface area contributed by atoms with Crippen molar-refractivity contribution >= 4 is 11.8 Å². The highest BCUT2D eigenvalue weighted by Crippen LogP contribution is 2.18. The Morgan fingerprint density at radius 2 is 1.83 bits per heavy atom. The van der Waals surface area contributed by atoms with Gasteiger partial charge in [0.2, 0.25) is 0 Å². The van der Waals surface area contributed by atoms with Gasteiger partial charge in [0.05, 0.1) is 0 Å². The Balaban J connectivity index is 1.45. The smallest absolute Gasteiger partial charge is 0.312 e. The summed E-state index contributed by atoms with van der Waals surface area (Å²) in [6.45, 7) is 6.42. The summed E-state index contributed by atoms with van der Waals surface area (Å²) >= 11 is 0. The number of amides is 2. The van der Waals surface area contributed by atoms with Crippen LogP contribution in [0.5, 0.6) is 0 Å². The average molecular weight is 316 g/mol. The van der Waals surface area contributed by atoms with Gasteiger partial charge in [0.25, 0.3) is 0 Å². The van der Waals surface area contributed by atoms with Crippen LogP contribution in [0.4, 0.5) is 0 Å². The standard InChI is InChI=1S/C17H24N4O2/c22-16(19-8-12-20-10-6-18-7-11-20)17(23)21-9-5-14-3-1-2-4-15(14)13-21/h1-4,18H,5-13H2,(H,19,22).